The van der Waals surface area contributed by atoms with Gasteiger partial charge in [0.15, 0.2) is 0 Å². The number of carbonyl (C=O) groups is 2. The maximum atomic E-state index is 13.4. The minimum absolute atomic E-state index is 0.0926. The fourth-order valence-corrected chi connectivity index (χ4v) is 6.56. The Hall–Kier alpha value is -3.40. The van der Waals surface area contributed by atoms with Crippen molar-refractivity contribution >= 4 is 17.5 Å². The van der Waals surface area contributed by atoms with Crippen LogP contribution in [0.4, 0.5) is 5.69 Å². The summed E-state index contributed by atoms with van der Waals surface area (Å²) in [6.07, 6.45) is 3.31. The van der Waals surface area contributed by atoms with Gasteiger partial charge in [-0.3, -0.25) is 9.59 Å². The normalized spacial score (nSPS) is 22.7. The van der Waals surface area contributed by atoms with Crippen LogP contribution in [0.5, 0.6) is 0 Å². The molecule has 5 rings (SSSR count). The van der Waals surface area contributed by atoms with Gasteiger partial charge in [0.1, 0.15) is 0 Å². The lowest BCUT2D eigenvalue weighted by molar-refractivity contribution is -0.116. The van der Waals surface area contributed by atoms with Crippen molar-refractivity contribution in [2.24, 2.45) is 10.8 Å². The third-order valence-corrected chi connectivity index (χ3v) is 7.60. The van der Waals surface area contributed by atoms with Crippen LogP contribution in [0, 0.1) is 10.8 Å². The molecule has 35 heavy (non-hydrogen) atoms. The maximum absolute atomic E-state index is 13.4. The highest BCUT2D eigenvalue weighted by Crippen LogP contribution is 2.52. The molecule has 1 heterocycles. The molecule has 2 bridgehead atoms. The molecule has 0 spiro atoms. The van der Waals surface area contributed by atoms with Crippen molar-refractivity contribution in [3.63, 3.8) is 0 Å². The van der Waals surface area contributed by atoms with Crippen LogP contribution in [0.15, 0.2) is 84.9 Å². The van der Waals surface area contributed by atoms with E-state index in [0.717, 1.165) is 36.9 Å². The smallest absolute Gasteiger partial charge is 0.254 e. The van der Waals surface area contributed by atoms with E-state index in [0.29, 0.717) is 17.3 Å². The summed E-state index contributed by atoms with van der Waals surface area (Å²) in [5.41, 5.74) is 3.74. The summed E-state index contributed by atoms with van der Waals surface area (Å²) in [5, 5.41) is 3.06. The third kappa shape index (κ3) is 4.88. The summed E-state index contributed by atoms with van der Waals surface area (Å²) in [6.45, 7) is 7.79. The molecule has 1 N–H and O–H groups in total. The SMILES string of the molecule is CC1(C)C[C@@H]2C[C@@](C)(CN2C(=O)c2ccc(NC(=O)C(c3ccccc3)c3ccccc3)cc2)C1. The lowest BCUT2D eigenvalue weighted by Crippen LogP contribution is -2.37. The van der Waals surface area contributed by atoms with Crippen LogP contribution in [-0.4, -0.2) is 29.3 Å². The van der Waals surface area contributed by atoms with Gasteiger partial charge in [0.2, 0.25) is 5.91 Å². The molecule has 4 heteroatoms. The van der Waals surface area contributed by atoms with Crippen molar-refractivity contribution in [2.45, 2.75) is 52.0 Å². The summed E-state index contributed by atoms with van der Waals surface area (Å²) in [6, 6.07) is 27.3. The Balaban J connectivity index is 1.32. The molecule has 1 saturated heterocycles. The fraction of sp³-hybridized carbons (Fsp3) is 0.355. The van der Waals surface area contributed by atoms with Gasteiger partial charge in [0.05, 0.1) is 5.92 Å². The van der Waals surface area contributed by atoms with E-state index in [1.165, 1.54) is 0 Å². The minimum atomic E-state index is -0.410. The predicted octanol–water partition coefficient (Wildman–Crippen LogP) is 6.50. The molecule has 0 radical (unpaired) electrons. The maximum Gasteiger partial charge on any atom is 0.254 e. The van der Waals surface area contributed by atoms with Crippen molar-refractivity contribution in [1.29, 1.82) is 0 Å². The number of nitrogens with one attached hydrogen (secondary N) is 1. The number of hydrogen-bond donors (Lipinski definition) is 1. The Morgan fingerprint density at radius 3 is 1.97 bits per heavy atom. The zero-order chi connectivity index (χ0) is 24.6. The zero-order valence-corrected chi connectivity index (χ0v) is 20.8. The first-order chi connectivity index (χ1) is 16.7. The second-order valence-corrected chi connectivity index (χ2v) is 11.5. The van der Waals surface area contributed by atoms with Crippen LogP contribution in [-0.2, 0) is 4.79 Å². The molecule has 3 aromatic rings. The van der Waals surface area contributed by atoms with Gasteiger partial charge in [-0.1, -0.05) is 81.4 Å². The average Bonchev–Trinajstić information content (AvgIpc) is 3.09. The first-order valence-electron chi connectivity index (χ1n) is 12.5. The second kappa shape index (κ2) is 8.99. The van der Waals surface area contributed by atoms with E-state index >= 15 is 0 Å². The Bertz CT molecular complexity index is 1160. The summed E-state index contributed by atoms with van der Waals surface area (Å²) in [7, 11) is 0. The number of rotatable bonds is 5. The van der Waals surface area contributed by atoms with E-state index in [-0.39, 0.29) is 22.6 Å². The largest absolute Gasteiger partial charge is 0.335 e. The lowest BCUT2D eigenvalue weighted by atomic mass is 9.65. The van der Waals surface area contributed by atoms with E-state index in [9.17, 15) is 9.59 Å². The number of benzene rings is 3. The van der Waals surface area contributed by atoms with Crippen molar-refractivity contribution in [3.05, 3.63) is 102 Å². The topological polar surface area (TPSA) is 49.4 Å². The number of carbonyl (C=O) groups excluding carboxylic acids is 2. The van der Waals surface area contributed by atoms with Crippen molar-refractivity contribution in [2.75, 3.05) is 11.9 Å². The number of likely N-dealkylation sites (tertiary alicyclic amines) is 1. The number of fused-ring (bicyclic) bond motifs is 2. The lowest BCUT2D eigenvalue weighted by Gasteiger charge is -2.39. The first kappa shape index (κ1) is 23.3. The van der Waals surface area contributed by atoms with Gasteiger partial charge < -0.3 is 10.2 Å². The number of amides is 2. The fourth-order valence-electron chi connectivity index (χ4n) is 6.56. The number of hydrogen-bond acceptors (Lipinski definition) is 2. The number of anilines is 1. The molecule has 4 nitrogen and oxygen atoms in total. The van der Waals surface area contributed by atoms with Crippen molar-refractivity contribution < 1.29 is 9.59 Å². The highest BCUT2D eigenvalue weighted by molar-refractivity contribution is 5.99. The van der Waals surface area contributed by atoms with Crippen LogP contribution in [0.25, 0.3) is 0 Å². The van der Waals surface area contributed by atoms with Gasteiger partial charge in [-0.2, -0.15) is 0 Å². The Labute approximate surface area is 208 Å². The molecule has 1 aliphatic carbocycles. The minimum Gasteiger partial charge on any atom is -0.335 e. The molecule has 0 unspecified atom stereocenters. The van der Waals surface area contributed by atoms with Crippen molar-refractivity contribution in [3.8, 4) is 0 Å². The Kier molecular flexibility index (Phi) is 6.00. The van der Waals surface area contributed by atoms with Crippen LogP contribution in [0.2, 0.25) is 0 Å². The molecule has 1 aliphatic heterocycles. The van der Waals surface area contributed by atoms with Gasteiger partial charge in [0.25, 0.3) is 5.91 Å². The standard InChI is InChI=1S/C31H34N2O2/c1-30(2)18-26-19-31(3,20-30)21-33(26)29(35)24-14-16-25(17-15-24)32-28(34)27(22-10-6-4-7-11-22)23-12-8-5-9-13-23/h4-17,26-27H,18-21H2,1-3H3,(H,32,34)/t26-,31-/m1/s1. The zero-order valence-electron chi connectivity index (χ0n) is 20.8. The molecule has 2 fully saturated rings. The summed E-state index contributed by atoms with van der Waals surface area (Å²) in [5.74, 6) is -0.405. The van der Waals surface area contributed by atoms with Crippen LogP contribution in [0.3, 0.4) is 0 Å². The average molecular weight is 467 g/mol. The van der Waals surface area contributed by atoms with Crippen LogP contribution < -0.4 is 5.32 Å². The summed E-state index contributed by atoms with van der Waals surface area (Å²) >= 11 is 0. The molecule has 2 amide bonds. The third-order valence-electron chi connectivity index (χ3n) is 7.60. The quantitative estimate of drug-likeness (QED) is 0.467. The summed E-state index contributed by atoms with van der Waals surface area (Å²) in [4.78, 5) is 28.9. The van der Waals surface area contributed by atoms with Crippen molar-refractivity contribution in [1.82, 2.24) is 4.90 Å². The van der Waals surface area contributed by atoms with Crippen LogP contribution in [0.1, 0.15) is 67.4 Å². The molecule has 2 aliphatic rings. The van der Waals surface area contributed by atoms with E-state index in [2.05, 4.69) is 31.0 Å². The predicted molar refractivity (Wildman–Crippen MR) is 140 cm³/mol. The molecule has 3 aromatic carbocycles. The van der Waals surface area contributed by atoms with E-state index in [1.807, 2.05) is 84.9 Å². The highest BCUT2D eigenvalue weighted by Gasteiger charge is 2.51. The van der Waals surface area contributed by atoms with Gasteiger partial charge >= 0.3 is 0 Å². The Morgan fingerprint density at radius 1 is 0.829 bits per heavy atom. The van der Waals surface area contributed by atoms with E-state index in [4.69, 9.17) is 0 Å². The van der Waals surface area contributed by atoms with Gasteiger partial charge in [-0.15, -0.1) is 0 Å². The van der Waals surface area contributed by atoms with Gasteiger partial charge in [0, 0.05) is 23.8 Å². The number of nitrogens with zero attached hydrogens (tertiary/aromatic N) is 1. The second-order valence-electron chi connectivity index (χ2n) is 11.5. The summed E-state index contributed by atoms with van der Waals surface area (Å²) < 4.78 is 0. The van der Waals surface area contributed by atoms with E-state index in [1.54, 1.807) is 0 Å². The molecular formula is C31H34N2O2. The van der Waals surface area contributed by atoms with Gasteiger partial charge in [-0.25, -0.2) is 0 Å². The highest BCUT2D eigenvalue weighted by atomic mass is 16.2. The van der Waals surface area contributed by atoms with Crippen LogP contribution >= 0.6 is 0 Å². The molecular weight excluding hydrogens is 432 g/mol. The van der Waals surface area contributed by atoms with Gasteiger partial charge in [-0.05, 0) is 65.5 Å². The molecule has 1 saturated carbocycles. The molecule has 2 atom stereocenters. The van der Waals surface area contributed by atoms with E-state index < -0.39 is 5.92 Å². The molecule has 0 aromatic heterocycles. The molecule has 180 valence electrons. The first-order valence-corrected chi connectivity index (χ1v) is 12.5. The monoisotopic (exact) mass is 466 g/mol. The Morgan fingerprint density at radius 2 is 1.40 bits per heavy atom.